The maximum Gasteiger partial charge on any atom is 0.228 e. The summed E-state index contributed by atoms with van der Waals surface area (Å²) in [5.41, 5.74) is 0.752. The van der Waals surface area contributed by atoms with E-state index in [1.54, 1.807) is 7.11 Å². The van der Waals surface area contributed by atoms with Gasteiger partial charge in [0.25, 0.3) is 0 Å². The van der Waals surface area contributed by atoms with Crippen molar-refractivity contribution in [2.45, 2.75) is 19.3 Å². The summed E-state index contributed by atoms with van der Waals surface area (Å²) in [5, 5.41) is 3.00. The van der Waals surface area contributed by atoms with Gasteiger partial charge in [-0.25, -0.2) is 0 Å². The second kappa shape index (κ2) is 4.57. The number of ether oxygens (including phenoxy) is 1. The zero-order valence-electron chi connectivity index (χ0n) is 10.3. The molecular formula is C14H16BrNO2. The predicted octanol–water partition coefficient (Wildman–Crippen LogP) is 3.44. The molecule has 0 bridgehead atoms. The molecular weight excluding hydrogens is 294 g/mol. The van der Waals surface area contributed by atoms with Crippen molar-refractivity contribution in [1.82, 2.24) is 0 Å². The van der Waals surface area contributed by atoms with E-state index >= 15 is 0 Å². The van der Waals surface area contributed by atoms with Gasteiger partial charge < -0.3 is 10.1 Å². The Bertz CT molecular complexity index is 479. The number of carbonyl (C=O) groups is 1. The summed E-state index contributed by atoms with van der Waals surface area (Å²) in [5.74, 6) is 2.38. The van der Waals surface area contributed by atoms with Gasteiger partial charge in [-0.05, 0) is 42.9 Å². The predicted molar refractivity (Wildman–Crippen MR) is 73.6 cm³/mol. The Labute approximate surface area is 115 Å². The second-order valence-electron chi connectivity index (χ2n) is 5.12. The quantitative estimate of drug-likeness (QED) is 0.929. The van der Waals surface area contributed by atoms with Crippen LogP contribution in [0.2, 0.25) is 0 Å². The van der Waals surface area contributed by atoms with E-state index in [1.165, 1.54) is 19.3 Å². The van der Waals surface area contributed by atoms with Gasteiger partial charge in [-0.3, -0.25) is 4.79 Å². The molecule has 2 saturated carbocycles. The van der Waals surface area contributed by atoms with Gasteiger partial charge >= 0.3 is 0 Å². The number of hydrogen-bond donors (Lipinski definition) is 1. The summed E-state index contributed by atoms with van der Waals surface area (Å²) in [7, 11) is 1.62. The molecule has 0 saturated heterocycles. The molecule has 0 radical (unpaired) electrons. The van der Waals surface area contributed by atoms with Crippen molar-refractivity contribution in [2.24, 2.45) is 17.8 Å². The monoisotopic (exact) mass is 309 g/mol. The van der Waals surface area contributed by atoms with E-state index in [-0.39, 0.29) is 11.8 Å². The van der Waals surface area contributed by atoms with Crippen molar-refractivity contribution in [3.63, 3.8) is 0 Å². The maximum absolute atomic E-state index is 12.2. The molecule has 2 fully saturated rings. The van der Waals surface area contributed by atoms with E-state index < -0.39 is 0 Å². The lowest BCUT2D eigenvalue weighted by atomic mass is 10.1. The van der Waals surface area contributed by atoms with Gasteiger partial charge in [0.05, 0.1) is 12.8 Å². The fourth-order valence-corrected chi connectivity index (χ4v) is 3.57. The van der Waals surface area contributed by atoms with Crippen molar-refractivity contribution in [3.05, 3.63) is 22.7 Å². The van der Waals surface area contributed by atoms with Gasteiger partial charge in [0.2, 0.25) is 5.91 Å². The Balaban J connectivity index is 1.72. The van der Waals surface area contributed by atoms with E-state index in [4.69, 9.17) is 4.74 Å². The normalized spacial score (nSPS) is 28.7. The minimum Gasteiger partial charge on any atom is -0.495 e. The lowest BCUT2D eigenvalue weighted by Crippen LogP contribution is -2.17. The number of anilines is 1. The molecule has 0 heterocycles. The van der Waals surface area contributed by atoms with E-state index in [1.807, 2.05) is 18.2 Å². The lowest BCUT2D eigenvalue weighted by molar-refractivity contribution is -0.118. The molecule has 0 spiro atoms. The van der Waals surface area contributed by atoms with Crippen molar-refractivity contribution in [1.29, 1.82) is 0 Å². The molecule has 0 aliphatic heterocycles. The highest BCUT2D eigenvalue weighted by molar-refractivity contribution is 9.10. The van der Waals surface area contributed by atoms with Crippen LogP contribution in [0.5, 0.6) is 5.75 Å². The minimum absolute atomic E-state index is 0.154. The van der Waals surface area contributed by atoms with Gasteiger partial charge in [0.1, 0.15) is 5.75 Å². The summed E-state index contributed by atoms with van der Waals surface area (Å²) in [6, 6.07) is 5.64. The highest BCUT2D eigenvalue weighted by atomic mass is 79.9. The van der Waals surface area contributed by atoms with Gasteiger partial charge in [0, 0.05) is 10.4 Å². The highest BCUT2D eigenvalue weighted by Gasteiger charge is 2.56. The van der Waals surface area contributed by atoms with E-state index in [2.05, 4.69) is 21.2 Å². The zero-order chi connectivity index (χ0) is 12.7. The number of carbonyl (C=O) groups excluding carboxylic acids is 1. The molecule has 1 aromatic carbocycles. The first kappa shape index (κ1) is 12.0. The number of benzene rings is 1. The smallest absolute Gasteiger partial charge is 0.228 e. The molecule has 1 amide bonds. The average molecular weight is 310 g/mol. The van der Waals surface area contributed by atoms with E-state index in [0.29, 0.717) is 17.6 Å². The Kier molecular flexibility index (Phi) is 3.06. The third-order valence-corrected chi connectivity index (χ3v) is 4.62. The molecule has 2 atom stereocenters. The zero-order valence-corrected chi connectivity index (χ0v) is 11.9. The molecule has 2 aliphatic carbocycles. The van der Waals surface area contributed by atoms with Gasteiger partial charge in [-0.1, -0.05) is 22.4 Å². The Morgan fingerprint density at radius 1 is 1.39 bits per heavy atom. The first-order chi connectivity index (χ1) is 8.70. The average Bonchev–Trinajstić information content (AvgIpc) is 2.84. The number of fused-ring (bicyclic) bond motifs is 1. The molecule has 2 aliphatic rings. The first-order valence-electron chi connectivity index (χ1n) is 6.35. The molecule has 1 N–H and O–H groups in total. The summed E-state index contributed by atoms with van der Waals surface area (Å²) >= 11 is 3.41. The molecule has 3 nitrogen and oxygen atoms in total. The molecule has 0 aromatic heterocycles. The van der Waals surface area contributed by atoms with Crippen molar-refractivity contribution in [2.75, 3.05) is 12.4 Å². The van der Waals surface area contributed by atoms with Crippen molar-refractivity contribution >= 4 is 27.5 Å². The third kappa shape index (κ3) is 2.03. The van der Waals surface area contributed by atoms with Crippen LogP contribution >= 0.6 is 15.9 Å². The van der Waals surface area contributed by atoms with E-state index in [9.17, 15) is 4.79 Å². The molecule has 18 heavy (non-hydrogen) atoms. The van der Waals surface area contributed by atoms with Gasteiger partial charge in [-0.15, -0.1) is 0 Å². The number of methoxy groups -OCH3 is 1. The van der Waals surface area contributed by atoms with Gasteiger partial charge in [-0.2, -0.15) is 0 Å². The number of nitrogens with one attached hydrogen (secondary N) is 1. The number of halogens is 1. The van der Waals surface area contributed by atoms with Crippen LogP contribution in [0.25, 0.3) is 0 Å². The Morgan fingerprint density at radius 2 is 2.11 bits per heavy atom. The summed E-state index contributed by atoms with van der Waals surface area (Å²) in [4.78, 5) is 12.2. The number of amides is 1. The van der Waals surface area contributed by atoms with E-state index in [0.717, 1.165) is 10.2 Å². The molecule has 3 rings (SSSR count). The van der Waals surface area contributed by atoms with Crippen LogP contribution in [0, 0.1) is 17.8 Å². The minimum atomic E-state index is 0.154. The fraction of sp³-hybridized carbons (Fsp3) is 0.500. The fourth-order valence-electron chi connectivity index (χ4n) is 3.20. The summed E-state index contributed by atoms with van der Waals surface area (Å²) in [6.07, 6.45) is 3.73. The SMILES string of the molecule is COc1ccc(Br)cc1NC(=O)C1C2CCCC21. The van der Waals surface area contributed by atoms with Gasteiger partial charge in [0.15, 0.2) is 0 Å². The highest BCUT2D eigenvalue weighted by Crippen LogP contribution is 2.57. The van der Waals surface area contributed by atoms with Crippen LogP contribution in [0.1, 0.15) is 19.3 Å². The van der Waals surface area contributed by atoms with Crippen molar-refractivity contribution in [3.8, 4) is 5.75 Å². The molecule has 4 heteroatoms. The van der Waals surface area contributed by atoms with Crippen LogP contribution < -0.4 is 10.1 Å². The van der Waals surface area contributed by atoms with Crippen LogP contribution in [0.3, 0.4) is 0 Å². The molecule has 96 valence electrons. The first-order valence-corrected chi connectivity index (χ1v) is 7.14. The number of hydrogen-bond acceptors (Lipinski definition) is 2. The number of rotatable bonds is 3. The van der Waals surface area contributed by atoms with Crippen LogP contribution in [0.4, 0.5) is 5.69 Å². The Morgan fingerprint density at radius 3 is 2.78 bits per heavy atom. The second-order valence-corrected chi connectivity index (χ2v) is 6.03. The van der Waals surface area contributed by atoms with Crippen molar-refractivity contribution < 1.29 is 9.53 Å². The van der Waals surface area contributed by atoms with Crippen LogP contribution in [0.15, 0.2) is 22.7 Å². The third-order valence-electron chi connectivity index (χ3n) is 4.13. The largest absolute Gasteiger partial charge is 0.495 e. The topological polar surface area (TPSA) is 38.3 Å². The Hall–Kier alpha value is -1.03. The molecule has 2 unspecified atom stereocenters. The maximum atomic E-state index is 12.2. The summed E-state index contributed by atoms with van der Waals surface area (Å²) < 4.78 is 6.20. The molecule has 1 aromatic rings. The van der Waals surface area contributed by atoms with Crippen LogP contribution in [-0.4, -0.2) is 13.0 Å². The standard InChI is InChI=1S/C14H16BrNO2/c1-18-12-6-5-8(15)7-11(12)16-14(17)13-9-3-2-4-10(9)13/h5-7,9-10,13H,2-4H2,1H3,(H,16,17). The lowest BCUT2D eigenvalue weighted by Gasteiger charge is -2.11. The summed E-state index contributed by atoms with van der Waals surface area (Å²) in [6.45, 7) is 0. The van der Waals surface area contributed by atoms with Crippen LogP contribution in [-0.2, 0) is 4.79 Å².